The molecule has 2 unspecified atom stereocenters. The topological polar surface area (TPSA) is 77.0 Å². The molecule has 0 aliphatic heterocycles. The number of aliphatic hydroxyl groups is 1. The van der Waals surface area contributed by atoms with Crippen molar-refractivity contribution in [3.63, 3.8) is 0 Å². The fraction of sp³-hybridized carbons (Fsp3) is 0.714. The summed E-state index contributed by atoms with van der Waals surface area (Å²) in [5.41, 5.74) is 5.77. The zero-order chi connectivity index (χ0) is 8.97. The van der Waals surface area contributed by atoms with Gasteiger partial charge in [-0.05, 0) is 6.42 Å². The maximum atomic E-state index is 9.03. The van der Waals surface area contributed by atoms with E-state index in [-0.39, 0.29) is 18.7 Å². The Kier molecular flexibility index (Phi) is 3.19. The summed E-state index contributed by atoms with van der Waals surface area (Å²) in [7, 11) is 0. The number of nitrogens with two attached hydrogens (primary N) is 1. The van der Waals surface area contributed by atoms with E-state index in [4.69, 9.17) is 10.8 Å². The monoisotopic (exact) mass is 170 g/mol. The van der Waals surface area contributed by atoms with Crippen LogP contribution in [0.3, 0.4) is 0 Å². The van der Waals surface area contributed by atoms with E-state index in [0.29, 0.717) is 0 Å². The smallest absolute Gasteiger partial charge is 0.137 e. The Balaban J connectivity index is 2.69. The van der Waals surface area contributed by atoms with E-state index in [1.807, 2.05) is 6.92 Å². The molecule has 1 aromatic heterocycles. The maximum absolute atomic E-state index is 9.03. The van der Waals surface area contributed by atoms with E-state index >= 15 is 0 Å². The van der Waals surface area contributed by atoms with Gasteiger partial charge in [0.05, 0.1) is 12.6 Å². The molecule has 0 spiro atoms. The molecule has 2 atom stereocenters. The van der Waals surface area contributed by atoms with Crippen molar-refractivity contribution in [3.05, 3.63) is 12.7 Å². The van der Waals surface area contributed by atoms with Crippen LogP contribution in [0.25, 0.3) is 0 Å². The molecule has 68 valence electrons. The van der Waals surface area contributed by atoms with Gasteiger partial charge in [0.25, 0.3) is 0 Å². The second kappa shape index (κ2) is 4.18. The minimum Gasteiger partial charge on any atom is -0.394 e. The summed E-state index contributed by atoms with van der Waals surface area (Å²) in [6, 6.07) is -0.228. The molecule has 1 rings (SSSR count). The first-order valence-corrected chi connectivity index (χ1v) is 4.00. The zero-order valence-corrected chi connectivity index (χ0v) is 7.09. The summed E-state index contributed by atoms with van der Waals surface area (Å²) in [5.74, 6) is 0. The lowest BCUT2D eigenvalue weighted by molar-refractivity contribution is 0.194. The first kappa shape index (κ1) is 9.15. The summed E-state index contributed by atoms with van der Waals surface area (Å²) in [4.78, 5) is 3.79. The predicted octanol–water partition coefficient (Wildman–Crippen LogP) is -0.451. The lowest BCUT2D eigenvalue weighted by atomic mass is 10.1. The van der Waals surface area contributed by atoms with Crippen molar-refractivity contribution in [2.75, 3.05) is 6.61 Å². The van der Waals surface area contributed by atoms with Crippen LogP contribution in [0.15, 0.2) is 12.7 Å². The molecule has 0 aromatic carbocycles. The number of aromatic nitrogens is 3. The maximum Gasteiger partial charge on any atom is 0.137 e. The third-order valence-electron chi connectivity index (χ3n) is 1.93. The van der Waals surface area contributed by atoms with Crippen molar-refractivity contribution in [2.45, 2.75) is 25.4 Å². The molecule has 5 heteroatoms. The van der Waals surface area contributed by atoms with Gasteiger partial charge in [-0.3, -0.25) is 0 Å². The van der Waals surface area contributed by atoms with Gasteiger partial charge in [-0.1, -0.05) is 6.92 Å². The second-order valence-corrected chi connectivity index (χ2v) is 2.70. The van der Waals surface area contributed by atoms with Gasteiger partial charge in [0.1, 0.15) is 12.7 Å². The Hall–Kier alpha value is -0.940. The molecule has 0 fully saturated rings. The minimum atomic E-state index is -0.155. The predicted molar refractivity (Wildman–Crippen MR) is 44.4 cm³/mol. The highest BCUT2D eigenvalue weighted by Crippen LogP contribution is 2.09. The fourth-order valence-corrected chi connectivity index (χ4v) is 1.08. The quantitative estimate of drug-likeness (QED) is 0.641. The van der Waals surface area contributed by atoms with Gasteiger partial charge in [0, 0.05) is 6.04 Å². The molecule has 1 heterocycles. The lowest BCUT2D eigenvalue weighted by Gasteiger charge is -2.19. The molecular weight excluding hydrogens is 156 g/mol. The van der Waals surface area contributed by atoms with Gasteiger partial charge in [0.2, 0.25) is 0 Å². The zero-order valence-electron chi connectivity index (χ0n) is 7.09. The van der Waals surface area contributed by atoms with E-state index in [2.05, 4.69) is 10.1 Å². The number of aliphatic hydroxyl groups excluding tert-OH is 1. The van der Waals surface area contributed by atoms with Crippen LogP contribution in [0.4, 0.5) is 0 Å². The third kappa shape index (κ3) is 1.80. The highest BCUT2D eigenvalue weighted by Gasteiger charge is 2.17. The average molecular weight is 170 g/mol. The molecule has 3 N–H and O–H groups in total. The van der Waals surface area contributed by atoms with Crippen molar-refractivity contribution in [1.29, 1.82) is 0 Å². The van der Waals surface area contributed by atoms with Crippen molar-refractivity contribution in [2.24, 2.45) is 5.73 Å². The molecule has 5 nitrogen and oxygen atoms in total. The van der Waals surface area contributed by atoms with Crippen LogP contribution in [0, 0.1) is 0 Å². The fourth-order valence-electron chi connectivity index (χ4n) is 1.08. The summed E-state index contributed by atoms with van der Waals surface area (Å²) in [5, 5.41) is 13.0. The SMILES string of the molecule is CCC(N)C(CO)n1cncn1. The minimum absolute atomic E-state index is 0.00162. The highest BCUT2D eigenvalue weighted by molar-refractivity contribution is 4.77. The Morgan fingerprint density at radius 2 is 2.42 bits per heavy atom. The van der Waals surface area contributed by atoms with Gasteiger partial charge in [0.15, 0.2) is 0 Å². The normalized spacial score (nSPS) is 15.9. The molecule has 0 bridgehead atoms. The highest BCUT2D eigenvalue weighted by atomic mass is 16.3. The largest absolute Gasteiger partial charge is 0.394 e. The molecule has 0 aliphatic carbocycles. The van der Waals surface area contributed by atoms with E-state index in [1.54, 1.807) is 11.0 Å². The molecule has 0 saturated carbocycles. The molecular formula is C7H14N4O. The molecule has 12 heavy (non-hydrogen) atoms. The van der Waals surface area contributed by atoms with Crippen LogP contribution < -0.4 is 5.73 Å². The summed E-state index contributed by atoms with van der Waals surface area (Å²) in [6.45, 7) is 1.97. The first-order valence-electron chi connectivity index (χ1n) is 4.00. The van der Waals surface area contributed by atoms with Crippen LogP contribution in [0.2, 0.25) is 0 Å². The van der Waals surface area contributed by atoms with E-state index in [0.717, 1.165) is 6.42 Å². The van der Waals surface area contributed by atoms with E-state index in [1.165, 1.54) is 6.33 Å². The van der Waals surface area contributed by atoms with E-state index < -0.39 is 0 Å². The second-order valence-electron chi connectivity index (χ2n) is 2.70. The van der Waals surface area contributed by atoms with Gasteiger partial charge < -0.3 is 10.8 Å². The molecule has 0 radical (unpaired) electrons. The van der Waals surface area contributed by atoms with Crippen LogP contribution >= 0.6 is 0 Å². The van der Waals surface area contributed by atoms with Crippen molar-refractivity contribution in [1.82, 2.24) is 14.8 Å². The first-order chi connectivity index (χ1) is 5.79. The molecule has 0 amide bonds. The Labute approximate surface area is 71.2 Å². The number of hydrogen-bond acceptors (Lipinski definition) is 4. The Bertz CT molecular complexity index is 211. The summed E-state index contributed by atoms with van der Waals surface area (Å²) < 4.78 is 1.59. The summed E-state index contributed by atoms with van der Waals surface area (Å²) in [6.07, 6.45) is 3.81. The van der Waals surface area contributed by atoms with Crippen molar-refractivity contribution < 1.29 is 5.11 Å². The van der Waals surface area contributed by atoms with Gasteiger partial charge >= 0.3 is 0 Å². The van der Waals surface area contributed by atoms with Crippen LogP contribution in [0.1, 0.15) is 19.4 Å². The third-order valence-corrected chi connectivity index (χ3v) is 1.93. The van der Waals surface area contributed by atoms with Crippen molar-refractivity contribution >= 4 is 0 Å². The van der Waals surface area contributed by atoms with Crippen LogP contribution in [-0.2, 0) is 0 Å². The number of rotatable bonds is 4. The number of nitrogens with zero attached hydrogens (tertiary/aromatic N) is 3. The molecule has 0 aliphatic rings. The standard InChI is InChI=1S/C7H14N4O/c1-2-6(8)7(3-12)11-5-9-4-10-11/h4-7,12H,2-3,8H2,1H3. The van der Waals surface area contributed by atoms with E-state index in [9.17, 15) is 0 Å². The molecule has 0 saturated heterocycles. The van der Waals surface area contributed by atoms with Gasteiger partial charge in [-0.25, -0.2) is 9.67 Å². The average Bonchev–Trinajstić information content (AvgIpc) is 2.58. The summed E-state index contributed by atoms with van der Waals surface area (Å²) >= 11 is 0. The Morgan fingerprint density at radius 1 is 1.67 bits per heavy atom. The number of hydrogen-bond donors (Lipinski definition) is 2. The van der Waals surface area contributed by atoms with Crippen LogP contribution in [0.5, 0.6) is 0 Å². The Morgan fingerprint density at radius 3 is 2.83 bits per heavy atom. The van der Waals surface area contributed by atoms with Crippen molar-refractivity contribution in [3.8, 4) is 0 Å². The lowest BCUT2D eigenvalue weighted by Crippen LogP contribution is -2.34. The van der Waals surface area contributed by atoms with Gasteiger partial charge in [-0.15, -0.1) is 0 Å². The van der Waals surface area contributed by atoms with Crippen LogP contribution in [-0.4, -0.2) is 32.5 Å². The molecule has 1 aromatic rings. The van der Waals surface area contributed by atoms with Gasteiger partial charge in [-0.2, -0.15) is 5.10 Å².